The monoisotopic (exact) mass is 569 g/mol. The van der Waals surface area contributed by atoms with E-state index in [0.29, 0.717) is 50.0 Å². The smallest absolute Gasteiger partial charge is 0.254 e. The first-order chi connectivity index (χ1) is 18.5. The number of nitrogens with one attached hydrogen (secondary N) is 1. The first-order valence-corrected chi connectivity index (χ1v) is 14.3. The number of primary amides is 1. The Balaban J connectivity index is 1.36. The minimum absolute atomic E-state index is 0.0152. The van der Waals surface area contributed by atoms with Crippen molar-refractivity contribution in [2.45, 2.75) is 6.42 Å². The van der Waals surface area contributed by atoms with Gasteiger partial charge in [-0.15, -0.1) is 32.9 Å². The van der Waals surface area contributed by atoms with Crippen LogP contribution in [0.5, 0.6) is 0 Å². The summed E-state index contributed by atoms with van der Waals surface area (Å²) in [5.41, 5.74) is 14.1. The van der Waals surface area contributed by atoms with Gasteiger partial charge in [0.1, 0.15) is 11.9 Å². The molecule has 196 valence electrons. The highest BCUT2D eigenvalue weighted by Crippen LogP contribution is 2.39. The fourth-order valence-corrected chi connectivity index (χ4v) is 7.45. The van der Waals surface area contributed by atoms with Gasteiger partial charge in [0.15, 0.2) is 11.1 Å². The van der Waals surface area contributed by atoms with E-state index < -0.39 is 5.91 Å². The first-order valence-electron chi connectivity index (χ1n) is 11.8. The quantitative estimate of drug-likeness (QED) is 0.251. The number of morpholine rings is 1. The van der Waals surface area contributed by atoms with Gasteiger partial charge in [-0.1, -0.05) is 0 Å². The molecular weight excluding hydrogens is 547 g/mol. The molecule has 15 heteroatoms. The van der Waals surface area contributed by atoms with E-state index in [1.54, 1.807) is 21.8 Å². The van der Waals surface area contributed by atoms with Gasteiger partial charge in [0, 0.05) is 54.5 Å². The van der Waals surface area contributed by atoms with Crippen LogP contribution in [0, 0.1) is 0 Å². The average Bonchev–Trinajstić information content (AvgIpc) is 3.67. The molecule has 1 aliphatic rings. The summed E-state index contributed by atoms with van der Waals surface area (Å²) >= 11 is 4.35. The van der Waals surface area contributed by atoms with Gasteiger partial charge in [-0.05, 0) is 17.6 Å². The lowest BCUT2D eigenvalue weighted by atomic mass is 10.1. The number of amides is 1. The Kier molecular flexibility index (Phi) is 6.75. The number of nitrogens with two attached hydrogens (primary N) is 2. The summed E-state index contributed by atoms with van der Waals surface area (Å²) in [7, 11) is 0. The van der Waals surface area contributed by atoms with Gasteiger partial charge < -0.3 is 26.4 Å². The predicted octanol–water partition coefficient (Wildman–Crippen LogP) is 1.78. The molecule has 5 aromatic rings. The standard InChI is InChI=1S/C23H23N9O3S3/c24-1-2-26-23-28-15(18(21(25)34)22-29-27-11-32(22)23)8-12-7-14(30-38-12)13-10-36-20-16(33)9-17(37-19(13)20)31-3-5-35-6-4-31/h7,9-11H,1-6,8,24H2,(H2,25,34)(H,26,28). The second kappa shape index (κ2) is 10.3. The van der Waals surface area contributed by atoms with Crippen molar-refractivity contribution in [2.24, 2.45) is 11.5 Å². The SMILES string of the molecule is NCCNc1nc(Cc2cc(-c3csc4c(=O)cc(N5CCOCC5)sc34)ns2)c(C(N)=O)c2nncn12. The van der Waals surface area contributed by atoms with Crippen LogP contribution < -0.4 is 27.1 Å². The van der Waals surface area contributed by atoms with Gasteiger partial charge in [0.05, 0.1) is 39.0 Å². The zero-order valence-corrected chi connectivity index (χ0v) is 22.5. The lowest BCUT2D eigenvalue weighted by Crippen LogP contribution is -2.36. The zero-order chi connectivity index (χ0) is 26.2. The summed E-state index contributed by atoms with van der Waals surface area (Å²) in [6, 6.07) is 3.69. The van der Waals surface area contributed by atoms with Crippen molar-refractivity contribution in [3.63, 3.8) is 0 Å². The number of ether oxygens (including phenoxy) is 1. The number of thiophene rings is 1. The fourth-order valence-electron chi connectivity index (χ4n) is 4.35. The van der Waals surface area contributed by atoms with Crippen molar-refractivity contribution in [1.29, 1.82) is 0 Å². The maximum atomic E-state index is 12.9. The fraction of sp³-hybridized carbons (Fsp3) is 0.304. The second-order valence-corrected chi connectivity index (χ2v) is 11.4. The number of hydrogen-bond acceptors (Lipinski definition) is 13. The normalized spacial score (nSPS) is 14.0. The Labute approximate surface area is 228 Å². The van der Waals surface area contributed by atoms with E-state index in [1.165, 1.54) is 29.2 Å². The summed E-state index contributed by atoms with van der Waals surface area (Å²) in [6.45, 7) is 3.71. The minimum atomic E-state index is -0.634. The molecule has 1 aliphatic heterocycles. The number of aromatic nitrogens is 5. The number of fused-ring (bicyclic) bond motifs is 2. The van der Waals surface area contributed by atoms with Crippen molar-refractivity contribution in [3.05, 3.63) is 50.2 Å². The van der Waals surface area contributed by atoms with Crippen molar-refractivity contribution in [3.8, 4) is 11.3 Å². The molecule has 5 N–H and O–H groups in total. The van der Waals surface area contributed by atoms with E-state index in [9.17, 15) is 9.59 Å². The molecule has 0 aliphatic carbocycles. The number of anilines is 2. The van der Waals surface area contributed by atoms with Gasteiger partial charge >= 0.3 is 0 Å². The van der Waals surface area contributed by atoms with E-state index >= 15 is 0 Å². The average molecular weight is 570 g/mol. The Morgan fingerprint density at radius 2 is 2.05 bits per heavy atom. The molecule has 5 aromatic heterocycles. The highest BCUT2D eigenvalue weighted by atomic mass is 32.1. The summed E-state index contributed by atoms with van der Waals surface area (Å²) in [5, 5.41) is 14.1. The first kappa shape index (κ1) is 24.8. The summed E-state index contributed by atoms with van der Waals surface area (Å²) in [5.74, 6) is -0.158. The van der Waals surface area contributed by atoms with Crippen LogP contribution in [0.3, 0.4) is 0 Å². The lowest BCUT2D eigenvalue weighted by molar-refractivity contribution is 0.1000. The molecule has 0 saturated carbocycles. The van der Waals surface area contributed by atoms with Gasteiger partial charge in [0.2, 0.25) is 5.95 Å². The Morgan fingerprint density at radius 1 is 1.21 bits per heavy atom. The van der Waals surface area contributed by atoms with E-state index in [2.05, 4.69) is 29.8 Å². The Morgan fingerprint density at radius 3 is 2.84 bits per heavy atom. The van der Waals surface area contributed by atoms with Crippen LogP contribution in [0.15, 0.2) is 28.6 Å². The van der Waals surface area contributed by atoms with Gasteiger partial charge in [-0.2, -0.15) is 4.37 Å². The van der Waals surface area contributed by atoms with Gasteiger partial charge in [-0.25, -0.2) is 4.98 Å². The van der Waals surface area contributed by atoms with Crippen LogP contribution in [-0.2, 0) is 11.2 Å². The van der Waals surface area contributed by atoms with Crippen LogP contribution in [0.2, 0.25) is 0 Å². The molecule has 0 spiro atoms. The van der Waals surface area contributed by atoms with E-state index in [1.807, 2.05) is 11.4 Å². The lowest BCUT2D eigenvalue weighted by Gasteiger charge is -2.28. The van der Waals surface area contributed by atoms with Gasteiger partial charge in [0.25, 0.3) is 5.91 Å². The van der Waals surface area contributed by atoms with Crippen molar-refractivity contribution in [1.82, 2.24) is 24.0 Å². The molecule has 0 unspecified atom stereocenters. The largest absolute Gasteiger partial charge is 0.378 e. The molecule has 1 saturated heterocycles. The van der Waals surface area contributed by atoms with Crippen molar-refractivity contribution >= 4 is 66.1 Å². The second-order valence-electron chi connectivity index (χ2n) is 8.57. The molecule has 1 amide bonds. The molecule has 12 nitrogen and oxygen atoms in total. The van der Waals surface area contributed by atoms with E-state index in [4.69, 9.17) is 16.2 Å². The summed E-state index contributed by atoms with van der Waals surface area (Å²) < 4.78 is 13.4. The van der Waals surface area contributed by atoms with E-state index in [-0.39, 0.29) is 11.0 Å². The van der Waals surface area contributed by atoms with Crippen LogP contribution in [0.25, 0.3) is 26.3 Å². The van der Waals surface area contributed by atoms with Crippen LogP contribution in [-0.4, -0.2) is 69.3 Å². The third kappa shape index (κ3) is 4.52. The number of carbonyl (C=O) groups excluding carboxylic acids is 1. The molecule has 38 heavy (non-hydrogen) atoms. The summed E-state index contributed by atoms with van der Waals surface area (Å²) in [6.07, 6.45) is 1.80. The number of hydrogen-bond donors (Lipinski definition) is 3. The molecular formula is C23H23N9O3S3. The third-order valence-electron chi connectivity index (χ3n) is 6.13. The molecule has 6 heterocycles. The molecule has 0 aromatic carbocycles. The van der Waals surface area contributed by atoms with Crippen molar-refractivity contribution in [2.75, 3.05) is 49.6 Å². The summed E-state index contributed by atoms with van der Waals surface area (Å²) in [4.78, 5) is 33.0. The topological polar surface area (TPSA) is 167 Å². The maximum Gasteiger partial charge on any atom is 0.254 e. The molecule has 0 radical (unpaired) electrons. The third-order valence-corrected chi connectivity index (χ3v) is 9.25. The predicted molar refractivity (Wildman–Crippen MR) is 150 cm³/mol. The molecule has 0 atom stereocenters. The van der Waals surface area contributed by atoms with Crippen LogP contribution >= 0.6 is 34.2 Å². The Bertz CT molecular complexity index is 1700. The van der Waals surface area contributed by atoms with Crippen LogP contribution in [0.4, 0.5) is 10.9 Å². The highest BCUT2D eigenvalue weighted by Gasteiger charge is 2.22. The molecule has 0 bridgehead atoms. The maximum absolute atomic E-state index is 12.9. The number of rotatable bonds is 8. The minimum Gasteiger partial charge on any atom is -0.378 e. The highest BCUT2D eigenvalue weighted by molar-refractivity contribution is 7.28. The number of carbonyl (C=O) groups is 1. The molecule has 1 fully saturated rings. The van der Waals surface area contributed by atoms with Gasteiger partial charge in [-0.3, -0.25) is 14.0 Å². The van der Waals surface area contributed by atoms with Crippen molar-refractivity contribution < 1.29 is 9.53 Å². The zero-order valence-electron chi connectivity index (χ0n) is 20.0. The van der Waals surface area contributed by atoms with Crippen LogP contribution in [0.1, 0.15) is 20.9 Å². The van der Waals surface area contributed by atoms with E-state index in [0.717, 1.165) is 43.6 Å². The molecule has 6 rings (SSSR count). The Hall–Kier alpha value is -3.50. The number of nitrogens with zero attached hydrogens (tertiary/aromatic N) is 6.